The number of hydrogen-bond acceptors (Lipinski definition) is 10. The van der Waals surface area contributed by atoms with Crippen molar-refractivity contribution in [2.24, 2.45) is 0 Å². The van der Waals surface area contributed by atoms with E-state index in [4.69, 9.17) is 24.4 Å². The van der Waals surface area contributed by atoms with Gasteiger partial charge in [-0.3, -0.25) is 0 Å². The monoisotopic (exact) mass is 489 g/mol. The number of ether oxygens (including phenoxy) is 3. The zero-order valence-corrected chi connectivity index (χ0v) is 20.4. The van der Waals surface area contributed by atoms with Gasteiger partial charge in [-0.2, -0.15) is 0 Å². The predicted octanol–water partition coefficient (Wildman–Crippen LogP) is 1.25. The van der Waals surface area contributed by atoms with Crippen LogP contribution in [0.4, 0.5) is 0 Å². The maximum atomic E-state index is 12.3. The molecule has 0 bridgehead atoms. The Bertz CT molecular complexity index is 615. The highest BCUT2D eigenvalue weighted by atomic mass is 16.5. The van der Waals surface area contributed by atoms with E-state index in [-0.39, 0.29) is 32.1 Å². The van der Waals surface area contributed by atoms with E-state index < -0.39 is 37.4 Å². The third-order valence-electron chi connectivity index (χ3n) is 5.24. The van der Waals surface area contributed by atoms with Crippen LogP contribution in [0.2, 0.25) is 0 Å². The van der Waals surface area contributed by atoms with Crippen molar-refractivity contribution in [3.8, 4) is 0 Å². The van der Waals surface area contributed by atoms with E-state index in [2.05, 4.69) is 17.2 Å². The largest absolute Gasteiger partial charge is 0.461 e. The van der Waals surface area contributed by atoms with Gasteiger partial charge in [-0.05, 0) is 6.42 Å². The fourth-order valence-corrected chi connectivity index (χ4v) is 3.19. The number of esters is 1. The van der Waals surface area contributed by atoms with E-state index in [0.29, 0.717) is 6.61 Å². The molecule has 1 aromatic rings. The van der Waals surface area contributed by atoms with Crippen LogP contribution in [-0.2, 0) is 14.2 Å². The van der Waals surface area contributed by atoms with Gasteiger partial charge in [0.25, 0.3) is 0 Å². The number of aliphatic hydroxyl groups excluding tert-OH is 4. The fourth-order valence-electron chi connectivity index (χ4n) is 3.19. The van der Waals surface area contributed by atoms with Gasteiger partial charge in [0, 0.05) is 0 Å². The van der Waals surface area contributed by atoms with Crippen molar-refractivity contribution in [2.75, 3.05) is 46.2 Å². The standard InChI is InChI=1S/C23H43N3O8/c1-2-3-4-5-6-7-8-9-10-11-34-23(31)22-12-26(25-24-22)19(15-32-17-20(29)13-27)16-33-18-21(30)14-28/h12,19-21,27-30H,2-11,13-18H2,1H3. The summed E-state index contributed by atoms with van der Waals surface area (Å²) < 4.78 is 17.5. The molecule has 0 amide bonds. The fraction of sp³-hybridized carbons (Fsp3) is 0.870. The summed E-state index contributed by atoms with van der Waals surface area (Å²) in [4.78, 5) is 12.3. The van der Waals surface area contributed by atoms with Gasteiger partial charge in [0.2, 0.25) is 0 Å². The lowest BCUT2D eigenvalue weighted by atomic mass is 10.1. The molecule has 0 radical (unpaired) electrons. The second-order valence-electron chi connectivity index (χ2n) is 8.45. The average Bonchev–Trinajstić information content (AvgIpc) is 3.34. The molecule has 198 valence electrons. The first-order valence-electron chi connectivity index (χ1n) is 12.3. The van der Waals surface area contributed by atoms with Crippen LogP contribution < -0.4 is 0 Å². The Labute approximate surface area is 202 Å². The Morgan fingerprint density at radius 3 is 1.94 bits per heavy atom. The third kappa shape index (κ3) is 13.9. The Kier molecular flexibility index (Phi) is 17.6. The van der Waals surface area contributed by atoms with Crippen LogP contribution >= 0.6 is 0 Å². The minimum Gasteiger partial charge on any atom is -0.461 e. The number of hydrogen-bond donors (Lipinski definition) is 4. The van der Waals surface area contributed by atoms with E-state index in [1.165, 1.54) is 49.4 Å². The van der Waals surface area contributed by atoms with Gasteiger partial charge in [-0.25, -0.2) is 9.48 Å². The average molecular weight is 490 g/mol. The first-order valence-corrected chi connectivity index (χ1v) is 12.3. The lowest BCUT2D eigenvalue weighted by molar-refractivity contribution is -0.0339. The van der Waals surface area contributed by atoms with Crippen LogP contribution in [0.25, 0.3) is 0 Å². The second kappa shape index (κ2) is 19.7. The molecule has 0 aliphatic heterocycles. The van der Waals surface area contributed by atoms with Crippen LogP contribution in [0.1, 0.15) is 81.2 Å². The number of carbonyl (C=O) groups excluding carboxylic acids is 1. The molecule has 0 aliphatic rings. The number of aromatic nitrogens is 3. The van der Waals surface area contributed by atoms with E-state index in [1.54, 1.807) is 0 Å². The molecular weight excluding hydrogens is 446 g/mol. The van der Waals surface area contributed by atoms with Crippen molar-refractivity contribution in [3.63, 3.8) is 0 Å². The zero-order valence-electron chi connectivity index (χ0n) is 20.4. The summed E-state index contributed by atoms with van der Waals surface area (Å²) in [5.74, 6) is -0.558. The van der Waals surface area contributed by atoms with Crippen LogP contribution in [0, 0.1) is 0 Å². The molecular formula is C23H43N3O8. The second-order valence-corrected chi connectivity index (χ2v) is 8.45. The molecule has 11 nitrogen and oxygen atoms in total. The summed E-state index contributed by atoms with van der Waals surface area (Å²) in [6.45, 7) is 1.62. The van der Waals surface area contributed by atoms with E-state index in [1.807, 2.05) is 0 Å². The van der Waals surface area contributed by atoms with E-state index >= 15 is 0 Å². The Hall–Kier alpha value is -1.63. The molecule has 0 saturated carbocycles. The molecule has 0 aromatic carbocycles. The minimum atomic E-state index is -1.01. The molecule has 1 rings (SSSR count). The molecule has 0 fully saturated rings. The summed E-state index contributed by atoms with van der Waals surface area (Å²) >= 11 is 0. The van der Waals surface area contributed by atoms with Crippen molar-refractivity contribution in [2.45, 2.75) is 83.0 Å². The Morgan fingerprint density at radius 2 is 1.41 bits per heavy atom. The van der Waals surface area contributed by atoms with Gasteiger partial charge in [0.1, 0.15) is 18.2 Å². The predicted molar refractivity (Wildman–Crippen MR) is 124 cm³/mol. The van der Waals surface area contributed by atoms with Gasteiger partial charge in [-0.1, -0.05) is 63.5 Å². The van der Waals surface area contributed by atoms with Crippen molar-refractivity contribution >= 4 is 5.97 Å². The first-order chi connectivity index (χ1) is 16.5. The van der Waals surface area contributed by atoms with Crippen LogP contribution in [0.3, 0.4) is 0 Å². The lowest BCUT2D eigenvalue weighted by Gasteiger charge is -2.19. The van der Waals surface area contributed by atoms with Gasteiger partial charge >= 0.3 is 5.97 Å². The number of carbonyl (C=O) groups is 1. The SMILES string of the molecule is CCCCCCCCCCCOC(=O)c1cn(C(COCC(O)CO)COCC(O)CO)nn1. The van der Waals surface area contributed by atoms with Crippen LogP contribution in [0.15, 0.2) is 6.20 Å². The number of unbranched alkanes of at least 4 members (excludes halogenated alkanes) is 8. The van der Waals surface area contributed by atoms with Gasteiger partial charge < -0.3 is 34.6 Å². The molecule has 4 N–H and O–H groups in total. The third-order valence-corrected chi connectivity index (χ3v) is 5.24. The summed E-state index contributed by atoms with van der Waals surface area (Å²) in [5, 5.41) is 44.5. The lowest BCUT2D eigenvalue weighted by Crippen LogP contribution is -2.28. The Balaban J connectivity index is 2.41. The molecule has 2 unspecified atom stereocenters. The van der Waals surface area contributed by atoms with E-state index in [0.717, 1.165) is 19.3 Å². The van der Waals surface area contributed by atoms with Crippen molar-refractivity contribution in [1.82, 2.24) is 15.0 Å². The molecule has 1 aromatic heterocycles. The summed E-state index contributed by atoms with van der Waals surface area (Å²) in [7, 11) is 0. The highest BCUT2D eigenvalue weighted by Gasteiger charge is 2.19. The normalized spacial score (nSPS) is 14.1. The number of aliphatic hydroxyl groups is 4. The maximum absolute atomic E-state index is 12.3. The quantitative estimate of drug-likeness (QED) is 0.138. The number of nitrogens with zero attached hydrogens (tertiary/aromatic N) is 3. The zero-order chi connectivity index (χ0) is 25.0. The molecule has 34 heavy (non-hydrogen) atoms. The molecule has 0 saturated heterocycles. The molecule has 11 heteroatoms. The molecule has 2 atom stereocenters. The summed E-state index contributed by atoms with van der Waals surface area (Å²) in [6.07, 6.45) is 9.99. The smallest absolute Gasteiger partial charge is 0.360 e. The van der Waals surface area contributed by atoms with Crippen molar-refractivity contribution in [3.05, 3.63) is 11.9 Å². The van der Waals surface area contributed by atoms with Gasteiger partial charge in [0.15, 0.2) is 5.69 Å². The first kappa shape index (κ1) is 30.4. The number of rotatable bonds is 22. The van der Waals surface area contributed by atoms with E-state index in [9.17, 15) is 15.0 Å². The minimum absolute atomic E-state index is 0.0581. The topological polar surface area (TPSA) is 156 Å². The van der Waals surface area contributed by atoms with Crippen LogP contribution in [-0.4, -0.2) is 99.8 Å². The highest BCUT2D eigenvalue weighted by molar-refractivity contribution is 5.86. The summed E-state index contributed by atoms with van der Waals surface area (Å²) in [5.41, 5.74) is 0.0618. The van der Waals surface area contributed by atoms with Crippen LogP contribution in [0.5, 0.6) is 0 Å². The summed E-state index contributed by atoms with van der Waals surface area (Å²) in [6, 6.07) is -0.511. The molecule has 0 aliphatic carbocycles. The van der Waals surface area contributed by atoms with Crippen molar-refractivity contribution in [1.29, 1.82) is 0 Å². The maximum Gasteiger partial charge on any atom is 0.360 e. The highest BCUT2D eigenvalue weighted by Crippen LogP contribution is 2.11. The molecule has 0 spiro atoms. The van der Waals surface area contributed by atoms with Gasteiger partial charge in [0.05, 0.1) is 52.4 Å². The van der Waals surface area contributed by atoms with Crippen molar-refractivity contribution < 1.29 is 39.4 Å². The Morgan fingerprint density at radius 1 is 0.882 bits per heavy atom. The van der Waals surface area contributed by atoms with Gasteiger partial charge in [-0.15, -0.1) is 5.10 Å². The molecule has 1 heterocycles.